The van der Waals surface area contributed by atoms with Crippen LogP contribution in [0.5, 0.6) is 0 Å². The normalized spacial score (nSPS) is 49.2. The highest BCUT2D eigenvalue weighted by molar-refractivity contribution is 4.50. The Morgan fingerprint density at radius 1 is 1.80 bits per heavy atom. The van der Waals surface area contributed by atoms with Crippen LogP contribution >= 0.6 is 0 Å². The molecule has 1 saturated heterocycles. The summed E-state index contributed by atoms with van der Waals surface area (Å²) in [4.78, 5) is 0. The van der Waals surface area contributed by atoms with Crippen LogP contribution in [0.1, 0.15) is 0 Å². The Bertz CT molecular complexity index is 38.2. The summed E-state index contributed by atoms with van der Waals surface area (Å²) in [5.41, 5.74) is 0. The van der Waals surface area contributed by atoms with E-state index in [0.29, 0.717) is 0 Å². The average molecular weight is 73.1 g/mol. The molecular weight excluding hydrogens is 66.0 g/mol. The van der Waals surface area contributed by atoms with Gasteiger partial charge in [-0.2, -0.15) is 5.12 Å². The van der Waals surface area contributed by atoms with Gasteiger partial charge in [0, 0.05) is 7.05 Å². The third-order valence-electron chi connectivity index (χ3n) is 0.703. The lowest BCUT2D eigenvalue weighted by Crippen LogP contribution is -2.09. The lowest BCUT2D eigenvalue weighted by Gasteiger charge is -1.79. The standard InChI is InChI=1S/C2H7N3/c1-4-2-5(4)3/h2-3H2,1H3. The number of hydrogen-bond acceptors (Lipinski definition) is 3. The molecule has 1 fully saturated rings. The van der Waals surface area contributed by atoms with Crippen LogP contribution in [-0.4, -0.2) is 23.8 Å². The maximum atomic E-state index is 5.12. The van der Waals surface area contributed by atoms with Gasteiger partial charge in [-0.15, -0.1) is 0 Å². The number of rotatable bonds is 0. The minimum atomic E-state index is 0.917. The molecule has 1 rings (SSSR count). The Morgan fingerprint density at radius 2 is 2.00 bits per heavy atom. The number of nitrogens with zero attached hydrogens (tertiary/aromatic N) is 2. The van der Waals surface area contributed by atoms with Gasteiger partial charge in [0.15, 0.2) is 0 Å². The third-order valence-corrected chi connectivity index (χ3v) is 0.703. The van der Waals surface area contributed by atoms with E-state index in [4.69, 9.17) is 5.84 Å². The molecule has 0 radical (unpaired) electrons. The van der Waals surface area contributed by atoms with Crippen molar-refractivity contribution < 1.29 is 0 Å². The zero-order chi connectivity index (χ0) is 3.86. The smallest absolute Gasteiger partial charge is 0.0951 e. The van der Waals surface area contributed by atoms with Crippen LogP contribution in [0.2, 0.25) is 0 Å². The van der Waals surface area contributed by atoms with Crippen LogP contribution in [0.4, 0.5) is 0 Å². The van der Waals surface area contributed by atoms with Gasteiger partial charge in [-0.05, 0) is 0 Å². The maximum absolute atomic E-state index is 5.12. The molecule has 1 aliphatic heterocycles. The van der Waals surface area contributed by atoms with Gasteiger partial charge in [0.1, 0.15) is 0 Å². The molecule has 0 saturated carbocycles. The Balaban J connectivity index is 2.20. The third kappa shape index (κ3) is 0.397. The molecule has 2 atom stereocenters. The largest absolute Gasteiger partial charge is 0.254 e. The highest BCUT2D eigenvalue weighted by Gasteiger charge is 2.20. The maximum Gasteiger partial charge on any atom is 0.0951 e. The minimum absolute atomic E-state index is 0.917. The summed E-state index contributed by atoms with van der Waals surface area (Å²) in [6, 6.07) is 0. The zero-order valence-electron chi connectivity index (χ0n) is 3.18. The zero-order valence-corrected chi connectivity index (χ0v) is 3.18. The Labute approximate surface area is 30.9 Å². The first-order valence-electron chi connectivity index (χ1n) is 1.54. The average Bonchev–Trinajstić information content (AvgIpc) is 1.79. The van der Waals surface area contributed by atoms with Crippen molar-refractivity contribution in [1.29, 1.82) is 0 Å². The van der Waals surface area contributed by atoms with Crippen molar-refractivity contribution in [2.24, 2.45) is 5.84 Å². The topological polar surface area (TPSA) is 32.0 Å². The second-order valence-electron chi connectivity index (χ2n) is 1.24. The van der Waals surface area contributed by atoms with Crippen LogP contribution < -0.4 is 5.84 Å². The first-order chi connectivity index (χ1) is 2.30. The van der Waals surface area contributed by atoms with Crippen molar-refractivity contribution in [3.63, 3.8) is 0 Å². The van der Waals surface area contributed by atoms with Gasteiger partial charge in [0.2, 0.25) is 0 Å². The molecular formula is C2H7N3. The molecule has 0 aromatic rings. The molecule has 0 amide bonds. The van der Waals surface area contributed by atoms with Gasteiger partial charge in [0.25, 0.3) is 0 Å². The summed E-state index contributed by atoms with van der Waals surface area (Å²) in [7, 11) is 1.93. The van der Waals surface area contributed by atoms with E-state index < -0.39 is 0 Å². The molecule has 1 aliphatic rings. The fraction of sp³-hybridized carbons (Fsp3) is 1.00. The van der Waals surface area contributed by atoms with Crippen LogP contribution in [0.3, 0.4) is 0 Å². The van der Waals surface area contributed by atoms with Crippen molar-refractivity contribution >= 4 is 0 Å². The first-order valence-corrected chi connectivity index (χ1v) is 1.54. The van der Waals surface area contributed by atoms with Crippen LogP contribution in [0.25, 0.3) is 0 Å². The van der Waals surface area contributed by atoms with E-state index in [-0.39, 0.29) is 0 Å². The summed E-state index contributed by atoms with van der Waals surface area (Å²) in [5.74, 6) is 5.12. The number of nitrogens with two attached hydrogens (primary N) is 1. The summed E-state index contributed by atoms with van der Waals surface area (Å²) in [5, 5.41) is 3.53. The Morgan fingerprint density at radius 3 is 2.00 bits per heavy atom. The SMILES string of the molecule is CN1CN1N. The molecule has 0 aromatic carbocycles. The second-order valence-corrected chi connectivity index (χ2v) is 1.24. The lowest BCUT2D eigenvalue weighted by molar-refractivity contribution is 0.364. The summed E-state index contributed by atoms with van der Waals surface area (Å²) in [6.07, 6.45) is 0. The van der Waals surface area contributed by atoms with Gasteiger partial charge in [-0.1, -0.05) is 0 Å². The van der Waals surface area contributed by atoms with E-state index in [1.807, 2.05) is 12.1 Å². The van der Waals surface area contributed by atoms with Gasteiger partial charge >= 0.3 is 0 Å². The highest BCUT2D eigenvalue weighted by Crippen LogP contribution is 1.99. The van der Waals surface area contributed by atoms with Crippen molar-refractivity contribution in [3.05, 3.63) is 0 Å². The fourth-order valence-corrected chi connectivity index (χ4v) is 0.181. The molecule has 0 aromatic heterocycles. The van der Waals surface area contributed by atoms with E-state index in [1.165, 1.54) is 0 Å². The van der Waals surface area contributed by atoms with Crippen molar-refractivity contribution in [2.45, 2.75) is 0 Å². The fourth-order valence-electron chi connectivity index (χ4n) is 0.181. The van der Waals surface area contributed by atoms with E-state index in [2.05, 4.69) is 0 Å². The van der Waals surface area contributed by atoms with Crippen LogP contribution in [0.15, 0.2) is 0 Å². The molecule has 3 heteroatoms. The molecule has 2 unspecified atom stereocenters. The van der Waals surface area contributed by atoms with E-state index in [9.17, 15) is 0 Å². The predicted molar refractivity (Wildman–Crippen MR) is 18.7 cm³/mol. The molecule has 2 N–H and O–H groups in total. The predicted octanol–water partition coefficient (Wildman–Crippen LogP) is -1.02. The van der Waals surface area contributed by atoms with Crippen LogP contribution in [-0.2, 0) is 0 Å². The molecule has 5 heavy (non-hydrogen) atoms. The summed E-state index contributed by atoms with van der Waals surface area (Å²) < 4.78 is 0. The number of hydrazine groups is 2. The van der Waals surface area contributed by atoms with Crippen molar-refractivity contribution in [2.75, 3.05) is 13.7 Å². The minimum Gasteiger partial charge on any atom is -0.254 e. The first kappa shape index (κ1) is 3.08. The highest BCUT2D eigenvalue weighted by atomic mass is 15.9. The van der Waals surface area contributed by atoms with Gasteiger partial charge in [-0.3, -0.25) is 5.84 Å². The molecule has 0 spiro atoms. The van der Waals surface area contributed by atoms with Crippen molar-refractivity contribution in [1.82, 2.24) is 10.1 Å². The molecule has 0 bridgehead atoms. The summed E-state index contributed by atoms with van der Waals surface area (Å²) >= 11 is 0. The monoisotopic (exact) mass is 73.1 g/mol. The molecule has 0 aliphatic carbocycles. The van der Waals surface area contributed by atoms with Crippen LogP contribution in [0, 0.1) is 0 Å². The van der Waals surface area contributed by atoms with Gasteiger partial charge in [0.05, 0.1) is 6.67 Å². The second kappa shape index (κ2) is 0.680. The van der Waals surface area contributed by atoms with E-state index in [1.54, 1.807) is 5.12 Å². The Hall–Kier alpha value is -0.120. The van der Waals surface area contributed by atoms with Crippen molar-refractivity contribution in [3.8, 4) is 0 Å². The van der Waals surface area contributed by atoms with Gasteiger partial charge < -0.3 is 0 Å². The summed E-state index contributed by atoms with van der Waals surface area (Å²) in [6.45, 7) is 0.917. The molecule has 30 valence electrons. The number of hydrogen-bond donors (Lipinski definition) is 1. The molecule has 1 heterocycles. The van der Waals surface area contributed by atoms with E-state index >= 15 is 0 Å². The quantitative estimate of drug-likeness (QED) is 0.294. The molecule has 3 nitrogen and oxygen atoms in total. The van der Waals surface area contributed by atoms with E-state index in [0.717, 1.165) is 6.67 Å². The Kier molecular flexibility index (Phi) is 0.419. The lowest BCUT2D eigenvalue weighted by atomic mass is 11.3. The van der Waals surface area contributed by atoms with Gasteiger partial charge in [-0.25, -0.2) is 5.01 Å².